The van der Waals surface area contributed by atoms with Crippen LogP contribution < -0.4 is 0 Å². The first-order valence-corrected chi connectivity index (χ1v) is 10.7. The van der Waals surface area contributed by atoms with E-state index in [1.807, 2.05) is 6.92 Å². The topological polar surface area (TPSA) is 46.5 Å². The minimum Gasteiger partial charge on any atom is -0.462 e. The van der Waals surface area contributed by atoms with E-state index in [0.717, 1.165) is 37.0 Å². The fourth-order valence-electron chi connectivity index (χ4n) is 3.81. The van der Waals surface area contributed by atoms with E-state index >= 15 is 0 Å². The normalized spacial score (nSPS) is 14.1. The van der Waals surface area contributed by atoms with Crippen LogP contribution in [0.4, 0.5) is 0 Å². The van der Waals surface area contributed by atoms with Crippen LogP contribution in [-0.4, -0.2) is 53.9 Å². The second-order valence-corrected chi connectivity index (χ2v) is 7.82. The minimum absolute atomic E-state index is 0.211. The van der Waals surface area contributed by atoms with Crippen molar-refractivity contribution in [2.24, 2.45) is 0 Å². The van der Waals surface area contributed by atoms with Gasteiger partial charge in [0.2, 0.25) is 0 Å². The molecule has 0 saturated heterocycles. The van der Waals surface area contributed by atoms with Gasteiger partial charge in [-0.15, -0.1) is 0 Å². The number of unbranched alkanes of at least 4 members (excludes halogenated alkanes) is 3. The molecule has 0 aliphatic rings. The van der Waals surface area contributed by atoms with Crippen molar-refractivity contribution in [3.63, 3.8) is 0 Å². The predicted molar refractivity (Wildman–Crippen MR) is 110 cm³/mol. The van der Waals surface area contributed by atoms with Gasteiger partial charge in [-0.3, -0.25) is 0 Å². The Bertz CT molecular complexity index is 371. The van der Waals surface area contributed by atoms with Crippen molar-refractivity contribution in [2.45, 2.75) is 98.1 Å². The zero-order valence-corrected chi connectivity index (χ0v) is 18.1. The van der Waals surface area contributed by atoms with Crippen molar-refractivity contribution in [3.8, 4) is 0 Å². The maximum Gasteiger partial charge on any atom is 0.333 e. The number of aliphatic hydroxyl groups excluding tert-OH is 1. The van der Waals surface area contributed by atoms with E-state index in [9.17, 15) is 9.90 Å². The number of hydrogen-bond acceptors (Lipinski definition) is 3. The molecule has 0 rings (SSSR count). The van der Waals surface area contributed by atoms with Gasteiger partial charge in [0.25, 0.3) is 0 Å². The van der Waals surface area contributed by atoms with Gasteiger partial charge in [0, 0.05) is 12.0 Å². The number of carbonyl (C=O) groups is 1. The van der Waals surface area contributed by atoms with Crippen molar-refractivity contribution in [1.29, 1.82) is 0 Å². The van der Waals surface area contributed by atoms with Crippen molar-refractivity contribution in [1.82, 2.24) is 0 Å². The molecule has 0 aliphatic carbocycles. The van der Waals surface area contributed by atoms with Gasteiger partial charge in [0.15, 0.2) is 0 Å². The molecule has 0 aromatic heterocycles. The summed E-state index contributed by atoms with van der Waals surface area (Å²) in [5, 5.41) is 10.6. The molecule has 0 spiro atoms. The van der Waals surface area contributed by atoms with Gasteiger partial charge in [0.1, 0.15) is 12.1 Å². The molecule has 0 aromatic rings. The van der Waals surface area contributed by atoms with Crippen LogP contribution in [0.2, 0.25) is 0 Å². The highest BCUT2D eigenvalue weighted by Crippen LogP contribution is 2.26. The molecule has 4 nitrogen and oxygen atoms in total. The van der Waals surface area contributed by atoms with E-state index in [1.165, 1.54) is 38.5 Å². The summed E-state index contributed by atoms with van der Waals surface area (Å²) >= 11 is 0. The van der Waals surface area contributed by atoms with Gasteiger partial charge in [-0.25, -0.2) is 4.79 Å². The monoisotopic (exact) mass is 370 g/mol. The lowest BCUT2D eigenvalue weighted by molar-refractivity contribution is -0.955. The first kappa shape index (κ1) is 25.1. The Morgan fingerprint density at radius 3 is 1.81 bits per heavy atom. The second kappa shape index (κ2) is 14.2. The summed E-state index contributed by atoms with van der Waals surface area (Å²) in [6.45, 7) is 17.8. The first-order chi connectivity index (χ1) is 12.3. The number of nitrogens with zero attached hydrogens (tertiary/aromatic N) is 1. The number of aliphatic hydroxyl groups is 1. The largest absolute Gasteiger partial charge is 0.462 e. The van der Waals surface area contributed by atoms with Gasteiger partial charge in [-0.1, -0.05) is 46.6 Å². The zero-order chi connectivity index (χ0) is 20.0. The average Bonchev–Trinajstić information content (AvgIpc) is 2.61. The van der Waals surface area contributed by atoms with E-state index in [-0.39, 0.29) is 18.1 Å². The summed E-state index contributed by atoms with van der Waals surface area (Å²) in [5.74, 6) is -0.317. The lowest BCUT2D eigenvalue weighted by Gasteiger charge is -2.47. The third kappa shape index (κ3) is 9.18. The number of quaternary nitrogens is 1. The quantitative estimate of drug-likeness (QED) is 0.183. The van der Waals surface area contributed by atoms with Crippen LogP contribution in [0, 0.1) is 0 Å². The van der Waals surface area contributed by atoms with Crippen LogP contribution in [0.1, 0.15) is 86.0 Å². The van der Waals surface area contributed by atoms with Crippen LogP contribution in [0.5, 0.6) is 0 Å². The lowest BCUT2D eigenvalue weighted by Crippen LogP contribution is -2.60. The Hall–Kier alpha value is -0.870. The van der Waals surface area contributed by atoms with Crippen LogP contribution in [-0.2, 0) is 9.53 Å². The van der Waals surface area contributed by atoms with Gasteiger partial charge in [0.05, 0.1) is 26.2 Å². The van der Waals surface area contributed by atoms with Gasteiger partial charge >= 0.3 is 5.97 Å². The standard InChI is InChI=1S/C22H44NO3/c1-7-10-15-23(16-11-8-2,17-12-9-3)21(20(6)24)14-13-18-26-22(25)19(4)5/h20-21,24H,4,7-18H2,1-3,5-6H3/q+1. The Morgan fingerprint density at radius 1 is 1.00 bits per heavy atom. The maximum absolute atomic E-state index is 11.6. The summed E-state index contributed by atoms with van der Waals surface area (Å²) in [6.07, 6.45) is 8.46. The van der Waals surface area contributed by atoms with Gasteiger partial charge in [-0.2, -0.15) is 0 Å². The van der Waals surface area contributed by atoms with E-state index in [4.69, 9.17) is 4.74 Å². The van der Waals surface area contributed by atoms with Crippen LogP contribution in [0.15, 0.2) is 12.2 Å². The van der Waals surface area contributed by atoms with Crippen molar-refractivity contribution >= 4 is 5.97 Å². The van der Waals surface area contributed by atoms with Crippen molar-refractivity contribution in [2.75, 3.05) is 26.2 Å². The SMILES string of the molecule is C=C(C)C(=O)OCCCC(C(C)O)[N+](CCCC)(CCCC)CCCC. The predicted octanol–water partition coefficient (Wildman–Crippen LogP) is 4.85. The van der Waals surface area contributed by atoms with Gasteiger partial charge < -0.3 is 14.3 Å². The molecule has 26 heavy (non-hydrogen) atoms. The lowest BCUT2D eigenvalue weighted by atomic mass is 9.98. The Balaban J connectivity index is 5.13. The molecule has 2 atom stereocenters. The fraction of sp³-hybridized carbons (Fsp3) is 0.864. The minimum atomic E-state index is -0.350. The summed E-state index contributed by atoms with van der Waals surface area (Å²) in [4.78, 5) is 11.6. The third-order valence-electron chi connectivity index (χ3n) is 5.36. The molecule has 2 unspecified atom stereocenters. The van der Waals surface area contributed by atoms with Crippen LogP contribution in [0.3, 0.4) is 0 Å². The molecule has 1 N–H and O–H groups in total. The van der Waals surface area contributed by atoms with Crippen molar-refractivity contribution < 1.29 is 19.1 Å². The first-order valence-electron chi connectivity index (χ1n) is 10.7. The second-order valence-electron chi connectivity index (χ2n) is 7.82. The van der Waals surface area contributed by atoms with E-state index in [0.29, 0.717) is 12.2 Å². The molecule has 154 valence electrons. The third-order valence-corrected chi connectivity index (χ3v) is 5.36. The summed E-state index contributed by atoms with van der Waals surface area (Å²) in [6, 6.07) is 0.211. The Kier molecular flexibility index (Phi) is 13.7. The highest BCUT2D eigenvalue weighted by atomic mass is 16.5. The molecular formula is C22H44NO3+. The molecule has 0 aromatic carbocycles. The smallest absolute Gasteiger partial charge is 0.333 e. The van der Waals surface area contributed by atoms with Crippen LogP contribution >= 0.6 is 0 Å². The summed E-state index contributed by atoms with van der Waals surface area (Å²) in [7, 11) is 0. The molecule has 0 radical (unpaired) electrons. The van der Waals surface area contributed by atoms with E-state index < -0.39 is 0 Å². The molecule has 0 saturated carbocycles. The molecule has 4 heteroatoms. The molecule has 0 fully saturated rings. The number of hydrogen-bond donors (Lipinski definition) is 1. The molecule has 0 aliphatic heterocycles. The summed E-state index contributed by atoms with van der Waals surface area (Å²) in [5.41, 5.74) is 0.441. The molecule has 0 bridgehead atoms. The zero-order valence-electron chi connectivity index (χ0n) is 18.1. The highest BCUT2D eigenvalue weighted by molar-refractivity contribution is 5.86. The number of rotatable bonds is 16. The highest BCUT2D eigenvalue weighted by Gasteiger charge is 2.38. The molecule has 0 amide bonds. The van der Waals surface area contributed by atoms with E-state index in [1.54, 1.807) is 6.92 Å². The summed E-state index contributed by atoms with van der Waals surface area (Å²) < 4.78 is 6.28. The Labute approximate surface area is 162 Å². The fourth-order valence-corrected chi connectivity index (χ4v) is 3.81. The molecular weight excluding hydrogens is 326 g/mol. The number of esters is 1. The van der Waals surface area contributed by atoms with Crippen LogP contribution in [0.25, 0.3) is 0 Å². The maximum atomic E-state index is 11.6. The van der Waals surface area contributed by atoms with Crippen molar-refractivity contribution in [3.05, 3.63) is 12.2 Å². The van der Waals surface area contributed by atoms with E-state index in [2.05, 4.69) is 27.4 Å². The molecule has 0 heterocycles. The Morgan fingerprint density at radius 2 is 1.46 bits per heavy atom. The average molecular weight is 371 g/mol. The number of ether oxygens (including phenoxy) is 1. The van der Waals surface area contributed by atoms with Gasteiger partial charge in [-0.05, 0) is 39.5 Å². The number of carbonyl (C=O) groups excluding carboxylic acids is 1.